The maximum absolute atomic E-state index is 13.4. The average molecular weight is 231 g/mol. The van der Waals surface area contributed by atoms with E-state index < -0.39 is 11.6 Å². The quantitative estimate of drug-likeness (QED) is 0.492. The van der Waals surface area contributed by atoms with Gasteiger partial charge in [0.25, 0.3) is 0 Å². The Kier molecular flexibility index (Phi) is 2.74. The van der Waals surface area contributed by atoms with Crippen LogP contribution in [0.2, 0.25) is 5.02 Å². The van der Waals surface area contributed by atoms with E-state index in [4.69, 9.17) is 11.6 Å². The molecule has 0 aliphatic heterocycles. The molecule has 0 aromatic heterocycles. The number of hydrogen-bond acceptors (Lipinski definition) is 1. The number of carbonyl (C=O) groups is 1. The maximum Gasteiger partial charge on any atom is 0.169 e. The summed E-state index contributed by atoms with van der Waals surface area (Å²) in [6.07, 6.45) is 2.29. The van der Waals surface area contributed by atoms with Crippen LogP contribution in [0.25, 0.3) is 0 Å². The van der Waals surface area contributed by atoms with Gasteiger partial charge in [-0.1, -0.05) is 11.6 Å². The molecule has 0 saturated carbocycles. The molecule has 1 aromatic rings. The number of benzene rings is 1. The molecule has 0 bridgehead atoms. The zero-order valence-corrected chi connectivity index (χ0v) is 8.70. The van der Waals surface area contributed by atoms with E-state index in [2.05, 4.69) is 0 Å². The highest BCUT2D eigenvalue weighted by Gasteiger charge is 2.24. The number of halogens is 3. The zero-order chi connectivity index (χ0) is 11.0. The molecule has 0 spiro atoms. The van der Waals surface area contributed by atoms with Gasteiger partial charge in [0.15, 0.2) is 17.4 Å². The van der Waals surface area contributed by atoms with Gasteiger partial charge in [-0.25, -0.2) is 8.78 Å². The van der Waals surface area contributed by atoms with E-state index in [1.54, 1.807) is 0 Å². The van der Waals surface area contributed by atoms with Crippen LogP contribution in [-0.2, 0) is 6.42 Å². The predicted molar refractivity (Wildman–Crippen MR) is 53.3 cm³/mol. The summed E-state index contributed by atoms with van der Waals surface area (Å²) in [5, 5.41) is 0.152. The summed E-state index contributed by atoms with van der Waals surface area (Å²) in [7, 11) is 0. The highest BCUT2D eigenvalue weighted by molar-refractivity contribution is 6.32. The first kappa shape index (κ1) is 10.6. The number of hydrogen-bond donors (Lipinski definition) is 0. The molecule has 2 rings (SSSR count). The molecule has 0 saturated heterocycles. The van der Waals surface area contributed by atoms with Gasteiger partial charge in [0.05, 0.1) is 5.56 Å². The van der Waals surface area contributed by atoms with Crippen molar-refractivity contribution in [1.82, 2.24) is 0 Å². The second-order valence-electron chi connectivity index (χ2n) is 3.64. The van der Waals surface area contributed by atoms with Gasteiger partial charge in [-0.3, -0.25) is 4.79 Å². The summed E-state index contributed by atoms with van der Waals surface area (Å²) in [6.45, 7) is 0. The first-order valence-corrected chi connectivity index (χ1v) is 5.18. The summed E-state index contributed by atoms with van der Waals surface area (Å²) in [5.74, 6) is -2.45. The van der Waals surface area contributed by atoms with E-state index in [-0.39, 0.29) is 22.8 Å². The fraction of sp³-hybridized carbons (Fsp3) is 0.364. The molecular formula is C11H9ClF2O. The van der Waals surface area contributed by atoms with E-state index in [1.165, 1.54) is 0 Å². The molecule has 0 heterocycles. The van der Waals surface area contributed by atoms with Crippen LogP contribution in [-0.4, -0.2) is 5.78 Å². The Morgan fingerprint density at radius 1 is 1.20 bits per heavy atom. The monoisotopic (exact) mass is 230 g/mol. The van der Waals surface area contributed by atoms with Crippen LogP contribution in [0, 0.1) is 11.6 Å². The van der Waals surface area contributed by atoms with Crippen molar-refractivity contribution in [3.63, 3.8) is 0 Å². The van der Waals surface area contributed by atoms with Crippen molar-refractivity contribution < 1.29 is 13.6 Å². The highest BCUT2D eigenvalue weighted by Crippen LogP contribution is 2.30. The lowest BCUT2D eigenvalue weighted by Gasteiger charge is -2.08. The number of carbonyl (C=O) groups excluding carboxylic acids is 1. The second kappa shape index (κ2) is 3.89. The van der Waals surface area contributed by atoms with Gasteiger partial charge < -0.3 is 0 Å². The maximum atomic E-state index is 13.4. The van der Waals surface area contributed by atoms with Gasteiger partial charge in [0, 0.05) is 11.4 Å². The van der Waals surface area contributed by atoms with Crippen LogP contribution >= 0.6 is 11.6 Å². The molecule has 0 atom stereocenters. The minimum Gasteiger partial charge on any atom is -0.294 e. The normalized spacial score (nSPS) is 16.1. The molecule has 1 aromatic carbocycles. The third kappa shape index (κ3) is 1.76. The first-order chi connectivity index (χ1) is 7.11. The molecule has 15 heavy (non-hydrogen) atoms. The summed E-state index contributed by atoms with van der Waals surface area (Å²) in [4.78, 5) is 11.6. The predicted octanol–water partition coefficient (Wildman–Crippen LogP) is 3.53. The Labute approximate surface area is 91.0 Å². The number of rotatable bonds is 0. The van der Waals surface area contributed by atoms with Crippen molar-refractivity contribution in [2.24, 2.45) is 0 Å². The summed E-state index contributed by atoms with van der Waals surface area (Å²) < 4.78 is 26.5. The molecule has 0 fully saturated rings. The molecule has 0 radical (unpaired) electrons. The number of fused-ring (bicyclic) bond motifs is 1. The Hall–Kier alpha value is -0.960. The molecule has 1 aliphatic carbocycles. The van der Waals surface area contributed by atoms with E-state index in [0.717, 1.165) is 12.5 Å². The lowest BCUT2D eigenvalue weighted by Crippen LogP contribution is -2.07. The fourth-order valence-corrected chi connectivity index (χ4v) is 2.17. The Morgan fingerprint density at radius 3 is 2.60 bits per heavy atom. The molecular weight excluding hydrogens is 222 g/mol. The molecule has 1 nitrogen and oxygen atoms in total. The Balaban J connectivity index is 2.69. The minimum absolute atomic E-state index is 0.141. The van der Waals surface area contributed by atoms with Crippen molar-refractivity contribution in [3.05, 3.63) is 33.9 Å². The third-order valence-corrected chi connectivity index (χ3v) is 2.97. The highest BCUT2D eigenvalue weighted by atomic mass is 35.5. The van der Waals surface area contributed by atoms with Gasteiger partial charge in [-0.05, 0) is 30.9 Å². The number of Topliss-reactive ketones (excluding diaryl/α,β-unsaturated/α-hetero) is 1. The fourth-order valence-electron chi connectivity index (χ4n) is 1.88. The SMILES string of the molecule is O=C1CCCCc2c(Cl)cc(F)c(F)c21. The summed E-state index contributed by atoms with van der Waals surface area (Å²) in [6, 6.07) is 0.939. The molecule has 4 heteroatoms. The van der Waals surface area contributed by atoms with E-state index in [0.29, 0.717) is 18.4 Å². The minimum atomic E-state index is -1.05. The Morgan fingerprint density at radius 2 is 1.87 bits per heavy atom. The van der Waals surface area contributed by atoms with Gasteiger partial charge in [-0.15, -0.1) is 0 Å². The van der Waals surface area contributed by atoms with Crippen LogP contribution in [0.4, 0.5) is 8.78 Å². The van der Waals surface area contributed by atoms with Crippen molar-refractivity contribution in [2.75, 3.05) is 0 Å². The molecule has 0 unspecified atom stereocenters. The molecule has 0 amide bonds. The lowest BCUT2D eigenvalue weighted by molar-refractivity contribution is 0.0977. The van der Waals surface area contributed by atoms with Gasteiger partial charge in [0.2, 0.25) is 0 Å². The van der Waals surface area contributed by atoms with Gasteiger partial charge >= 0.3 is 0 Å². The third-order valence-electron chi connectivity index (χ3n) is 2.63. The van der Waals surface area contributed by atoms with E-state index in [9.17, 15) is 13.6 Å². The average Bonchev–Trinajstić information content (AvgIpc) is 2.37. The largest absolute Gasteiger partial charge is 0.294 e. The summed E-state index contributed by atoms with van der Waals surface area (Å²) >= 11 is 5.80. The standard InChI is InChI=1S/C11H9ClF2O/c12-7-5-8(13)11(14)10-6(7)3-1-2-4-9(10)15/h5H,1-4H2. The van der Waals surface area contributed by atoms with E-state index in [1.807, 2.05) is 0 Å². The van der Waals surface area contributed by atoms with Crippen LogP contribution in [0.3, 0.4) is 0 Å². The molecule has 1 aliphatic rings. The summed E-state index contributed by atoms with van der Waals surface area (Å²) in [5.41, 5.74) is 0.315. The Bertz CT molecular complexity index is 429. The topological polar surface area (TPSA) is 17.1 Å². The first-order valence-electron chi connectivity index (χ1n) is 4.81. The van der Waals surface area contributed by atoms with Crippen LogP contribution in [0.5, 0.6) is 0 Å². The van der Waals surface area contributed by atoms with Gasteiger partial charge in [0.1, 0.15) is 0 Å². The molecule has 0 N–H and O–H groups in total. The second-order valence-corrected chi connectivity index (χ2v) is 4.05. The number of ketones is 1. The van der Waals surface area contributed by atoms with E-state index >= 15 is 0 Å². The van der Waals surface area contributed by atoms with Crippen molar-refractivity contribution in [2.45, 2.75) is 25.7 Å². The lowest BCUT2D eigenvalue weighted by atomic mass is 10.0. The zero-order valence-electron chi connectivity index (χ0n) is 7.95. The van der Waals surface area contributed by atoms with Crippen molar-refractivity contribution in [3.8, 4) is 0 Å². The van der Waals surface area contributed by atoms with Crippen molar-refractivity contribution in [1.29, 1.82) is 0 Å². The van der Waals surface area contributed by atoms with Crippen LogP contribution in [0.15, 0.2) is 6.07 Å². The van der Waals surface area contributed by atoms with Crippen LogP contribution < -0.4 is 0 Å². The van der Waals surface area contributed by atoms with Crippen molar-refractivity contribution >= 4 is 17.4 Å². The molecule has 80 valence electrons. The van der Waals surface area contributed by atoms with Crippen LogP contribution in [0.1, 0.15) is 35.2 Å². The smallest absolute Gasteiger partial charge is 0.169 e. The van der Waals surface area contributed by atoms with Gasteiger partial charge in [-0.2, -0.15) is 0 Å².